The number of nitrogens with one attached hydrogen (secondary N) is 1. The van der Waals surface area contributed by atoms with E-state index < -0.39 is 5.91 Å². The number of hydrogen-bond acceptors (Lipinski definition) is 2. The van der Waals surface area contributed by atoms with Crippen LogP contribution < -0.4 is 5.48 Å². The van der Waals surface area contributed by atoms with Crippen LogP contribution in [0.2, 0.25) is 0 Å². The quantitative estimate of drug-likeness (QED) is 0.388. The zero-order valence-corrected chi connectivity index (χ0v) is 9.55. The molecule has 0 saturated heterocycles. The Morgan fingerprint density at radius 3 is 2.44 bits per heavy atom. The lowest BCUT2D eigenvalue weighted by atomic mass is 10.00. The molecule has 0 aliphatic rings. The van der Waals surface area contributed by atoms with Gasteiger partial charge < -0.3 is 0 Å². The summed E-state index contributed by atoms with van der Waals surface area (Å²) in [5.74, 6) is -0.495. The van der Waals surface area contributed by atoms with Gasteiger partial charge in [0.15, 0.2) is 0 Å². The molecule has 0 radical (unpaired) electrons. The summed E-state index contributed by atoms with van der Waals surface area (Å²) >= 11 is 0. The first-order valence-electron chi connectivity index (χ1n) is 5.65. The van der Waals surface area contributed by atoms with Crippen molar-refractivity contribution in [1.82, 2.24) is 5.48 Å². The van der Waals surface area contributed by atoms with Crippen molar-refractivity contribution in [2.45, 2.75) is 0 Å². The van der Waals surface area contributed by atoms with E-state index in [1.807, 2.05) is 30.3 Å². The van der Waals surface area contributed by atoms with E-state index in [1.54, 1.807) is 17.6 Å². The van der Waals surface area contributed by atoms with Gasteiger partial charge in [-0.15, -0.1) is 0 Å². The van der Waals surface area contributed by atoms with Crippen LogP contribution in [-0.2, 0) is 0 Å². The lowest BCUT2D eigenvalue weighted by Crippen LogP contribution is -2.18. The van der Waals surface area contributed by atoms with Crippen molar-refractivity contribution in [3.63, 3.8) is 0 Å². The van der Waals surface area contributed by atoms with Gasteiger partial charge >= 0.3 is 0 Å². The number of benzene rings is 3. The van der Waals surface area contributed by atoms with Crippen LogP contribution in [0.1, 0.15) is 10.4 Å². The molecular formula is C15H11NO2. The summed E-state index contributed by atoms with van der Waals surface area (Å²) in [5, 5.41) is 13.0. The van der Waals surface area contributed by atoms with Crippen molar-refractivity contribution in [2.24, 2.45) is 0 Å². The van der Waals surface area contributed by atoms with Gasteiger partial charge in [0.25, 0.3) is 5.91 Å². The first kappa shape index (κ1) is 10.7. The molecule has 0 aliphatic heterocycles. The molecule has 3 heteroatoms. The second-order valence-corrected chi connectivity index (χ2v) is 4.16. The number of amides is 1. The zero-order chi connectivity index (χ0) is 12.5. The number of fused-ring (bicyclic) bond motifs is 3. The van der Waals surface area contributed by atoms with Gasteiger partial charge in [-0.05, 0) is 33.7 Å². The fraction of sp³-hybridized carbons (Fsp3) is 0. The fourth-order valence-electron chi connectivity index (χ4n) is 2.22. The third-order valence-corrected chi connectivity index (χ3v) is 3.11. The highest BCUT2D eigenvalue weighted by Gasteiger charge is 2.06. The molecule has 0 unspecified atom stereocenters. The normalized spacial score (nSPS) is 10.7. The average molecular weight is 237 g/mol. The topological polar surface area (TPSA) is 49.3 Å². The van der Waals surface area contributed by atoms with Crippen molar-refractivity contribution in [3.8, 4) is 0 Å². The predicted molar refractivity (Wildman–Crippen MR) is 70.7 cm³/mol. The maximum Gasteiger partial charge on any atom is 0.274 e. The molecule has 1 amide bonds. The van der Waals surface area contributed by atoms with Gasteiger partial charge in [-0.25, -0.2) is 5.48 Å². The fourth-order valence-corrected chi connectivity index (χ4v) is 2.22. The molecular weight excluding hydrogens is 226 g/mol. The van der Waals surface area contributed by atoms with E-state index in [1.165, 1.54) is 5.39 Å². The highest BCUT2D eigenvalue weighted by Crippen LogP contribution is 2.25. The van der Waals surface area contributed by atoms with Crippen molar-refractivity contribution < 1.29 is 10.0 Å². The molecule has 88 valence electrons. The third-order valence-electron chi connectivity index (χ3n) is 3.11. The van der Waals surface area contributed by atoms with E-state index >= 15 is 0 Å². The van der Waals surface area contributed by atoms with Crippen LogP contribution >= 0.6 is 0 Å². The van der Waals surface area contributed by atoms with E-state index in [9.17, 15) is 4.79 Å². The highest BCUT2D eigenvalue weighted by atomic mass is 16.5. The largest absolute Gasteiger partial charge is 0.288 e. The summed E-state index contributed by atoms with van der Waals surface area (Å²) in [4.78, 5) is 11.4. The van der Waals surface area contributed by atoms with E-state index in [0.29, 0.717) is 5.56 Å². The summed E-state index contributed by atoms with van der Waals surface area (Å²) in [5.41, 5.74) is 2.09. The van der Waals surface area contributed by atoms with E-state index in [4.69, 9.17) is 5.21 Å². The van der Waals surface area contributed by atoms with Crippen LogP contribution in [0.3, 0.4) is 0 Å². The minimum Gasteiger partial charge on any atom is -0.288 e. The molecule has 0 aliphatic carbocycles. The number of rotatable bonds is 1. The molecule has 3 aromatic rings. The maximum atomic E-state index is 11.4. The predicted octanol–water partition coefficient (Wildman–Crippen LogP) is 3.11. The maximum absolute atomic E-state index is 11.4. The van der Waals surface area contributed by atoms with E-state index in [0.717, 1.165) is 16.2 Å². The van der Waals surface area contributed by atoms with Gasteiger partial charge in [-0.2, -0.15) is 0 Å². The summed E-state index contributed by atoms with van der Waals surface area (Å²) in [6.07, 6.45) is 0. The first-order chi connectivity index (χ1) is 8.79. The minimum absolute atomic E-state index is 0.445. The van der Waals surface area contributed by atoms with Gasteiger partial charge in [0.2, 0.25) is 0 Å². The number of hydrogen-bond donors (Lipinski definition) is 2. The van der Waals surface area contributed by atoms with Crippen LogP contribution in [0.15, 0.2) is 54.6 Å². The molecule has 0 bridgehead atoms. The van der Waals surface area contributed by atoms with E-state index in [-0.39, 0.29) is 0 Å². The molecule has 0 fully saturated rings. The van der Waals surface area contributed by atoms with Gasteiger partial charge in [0, 0.05) is 5.56 Å². The van der Waals surface area contributed by atoms with Crippen molar-refractivity contribution in [2.75, 3.05) is 0 Å². The van der Waals surface area contributed by atoms with Gasteiger partial charge in [0.1, 0.15) is 0 Å². The number of carbonyl (C=O) groups excluding carboxylic acids is 1. The summed E-state index contributed by atoms with van der Waals surface area (Å²) in [7, 11) is 0. The highest BCUT2D eigenvalue weighted by molar-refractivity contribution is 6.09. The Kier molecular flexibility index (Phi) is 2.46. The summed E-state index contributed by atoms with van der Waals surface area (Å²) in [6, 6.07) is 17.5. The first-order valence-corrected chi connectivity index (χ1v) is 5.65. The van der Waals surface area contributed by atoms with Gasteiger partial charge in [0.05, 0.1) is 0 Å². The van der Waals surface area contributed by atoms with E-state index in [2.05, 4.69) is 12.1 Å². The van der Waals surface area contributed by atoms with Crippen LogP contribution in [0.4, 0.5) is 0 Å². The molecule has 18 heavy (non-hydrogen) atoms. The molecule has 3 nitrogen and oxygen atoms in total. The molecule has 0 spiro atoms. The molecule has 0 heterocycles. The Bertz CT molecular complexity index is 750. The monoisotopic (exact) mass is 237 g/mol. The molecule has 3 rings (SSSR count). The zero-order valence-electron chi connectivity index (χ0n) is 9.55. The van der Waals surface area contributed by atoms with Crippen molar-refractivity contribution >= 4 is 27.5 Å². The SMILES string of the molecule is O=C(NO)c1ccc2c(ccc3ccccc32)c1. The minimum atomic E-state index is -0.495. The lowest BCUT2D eigenvalue weighted by Gasteiger charge is -2.05. The summed E-state index contributed by atoms with van der Waals surface area (Å²) in [6.45, 7) is 0. The smallest absolute Gasteiger partial charge is 0.274 e. The van der Waals surface area contributed by atoms with Crippen LogP contribution in [0.25, 0.3) is 21.5 Å². The Hall–Kier alpha value is -2.39. The second-order valence-electron chi connectivity index (χ2n) is 4.16. The van der Waals surface area contributed by atoms with Crippen molar-refractivity contribution in [1.29, 1.82) is 0 Å². The van der Waals surface area contributed by atoms with Gasteiger partial charge in [-0.3, -0.25) is 10.0 Å². The standard InChI is InChI=1S/C15H11NO2/c17-15(16-18)12-7-8-14-11(9-12)6-5-10-3-1-2-4-13(10)14/h1-9,18H,(H,16,17). The Morgan fingerprint density at radius 2 is 1.61 bits per heavy atom. The molecule has 3 aromatic carbocycles. The third kappa shape index (κ3) is 1.61. The second kappa shape index (κ2) is 4.13. The van der Waals surface area contributed by atoms with Crippen LogP contribution in [0.5, 0.6) is 0 Å². The molecule has 0 atom stereocenters. The molecule has 2 N–H and O–H groups in total. The summed E-state index contributed by atoms with van der Waals surface area (Å²) < 4.78 is 0. The van der Waals surface area contributed by atoms with Crippen LogP contribution in [-0.4, -0.2) is 11.1 Å². The molecule has 0 saturated carbocycles. The molecule has 0 aromatic heterocycles. The van der Waals surface area contributed by atoms with Crippen molar-refractivity contribution in [3.05, 3.63) is 60.2 Å². The Morgan fingerprint density at radius 1 is 0.889 bits per heavy atom. The number of carbonyl (C=O) groups is 1. The lowest BCUT2D eigenvalue weighted by molar-refractivity contribution is 0.0706. The average Bonchev–Trinajstić information content (AvgIpc) is 2.45. The van der Waals surface area contributed by atoms with Gasteiger partial charge in [-0.1, -0.05) is 42.5 Å². The Labute approximate surface area is 104 Å². The number of hydroxylamine groups is 1. The Balaban J connectivity index is 2.31. The van der Waals surface area contributed by atoms with Crippen LogP contribution in [0, 0.1) is 0 Å².